The Morgan fingerprint density at radius 1 is 1.27 bits per heavy atom. The van der Waals surface area contributed by atoms with E-state index < -0.39 is 6.23 Å². The number of aliphatic hydroxyl groups excluding tert-OH is 1. The van der Waals surface area contributed by atoms with Crippen molar-refractivity contribution in [1.29, 1.82) is 0 Å². The Kier molecular flexibility index (Phi) is 4.22. The molecule has 0 bridgehead atoms. The van der Waals surface area contributed by atoms with E-state index in [2.05, 4.69) is 0 Å². The summed E-state index contributed by atoms with van der Waals surface area (Å²) in [5, 5.41) is 10.7. The average Bonchev–Trinajstić information content (AvgIpc) is 2.19. The normalized spacial score (nSPS) is 13.0. The molecule has 0 heterocycles. The van der Waals surface area contributed by atoms with Gasteiger partial charge in [0.05, 0.1) is 17.2 Å². The topological polar surface area (TPSA) is 32.7 Å². The largest absolute Gasteiger partial charge is 0.495 e. The molecule has 1 unspecified atom stereocenters. The lowest BCUT2D eigenvalue weighted by molar-refractivity contribution is 0.0396. The Morgan fingerprint density at radius 3 is 2.33 bits per heavy atom. The summed E-state index contributed by atoms with van der Waals surface area (Å²) in [6.45, 7) is 0. The van der Waals surface area contributed by atoms with Crippen molar-refractivity contribution in [3.63, 3.8) is 0 Å². The van der Waals surface area contributed by atoms with Gasteiger partial charge in [-0.1, -0.05) is 23.2 Å². The molecule has 0 aromatic heterocycles. The molecular formula is C10H13Cl2NO2. The monoisotopic (exact) mass is 249 g/mol. The van der Waals surface area contributed by atoms with Gasteiger partial charge in [0.15, 0.2) is 0 Å². The molecule has 0 aliphatic rings. The summed E-state index contributed by atoms with van der Waals surface area (Å²) in [6.07, 6.45) is -0.777. The van der Waals surface area contributed by atoms with Gasteiger partial charge in [-0.25, -0.2) is 0 Å². The molecule has 0 spiro atoms. The van der Waals surface area contributed by atoms with Crippen molar-refractivity contribution in [1.82, 2.24) is 4.90 Å². The van der Waals surface area contributed by atoms with Gasteiger partial charge in [0.2, 0.25) is 0 Å². The van der Waals surface area contributed by atoms with Crippen molar-refractivity contribution in [3.8, 4) is 5.75 Å². The number of hydrogen-bond donors (Lipinski definition) is 1. The number of nitrogens with zero attached hydrogens (tertiary/aromatic N) is 1. The van der Waals surface area contributed by atoms with Gasteiger partial charge >= 0.3 is 0 Å². The lowest BCUT2D eigenvalue weighted by Crippen LogP contribution is -2.19. The van der Waals surface area contributed by atoms with Crippen LogP contribution < -0.4 is 4.74 Å². The molecule has 84 valence electrons. The summed E-state index contributed by atoms with van der Waals surface area (Å²) in [6, 6.07) is 3.19. The Hall–Kier alpha value is -0.480. The van der Waals surface area contributed by atoms with Crippen LogP contribution in [0.5, 0.6) is 5.75 Å². The molecule has 0 saturated carbocycles. The van der Waals surface area contributed by atoms with Crippen LogP contribution in [0.2, 0.25) is 10.0 Å². The second-order valence-corrected chi connectivity index (χ2v) is 4.16. The fraction of sp³-hybridized carbons (Fsp3) is 0.400. The van der Waals surface area contributed by atoms with Crippen LogP contribution in [-0.4, -0.2) is 31.2 Å². The summed E-state index contributed by atoms with van der Waals surface area (Å²) in [4.78, 5) is 1.63. The third kappa shape index (κ3) is 2.75. The van der Waals surface area contributed by atoms with Crippen molar-refractivity contribution in [2.45, 2.75) is 6.23 Å². The molecule has 5 heteroatoms. The minimum atomic E-state index is -0.777. The summed E-state index contributed by atoms with van der Waals surface area (Å²) in [7, 11) is 5.01. The van der Waals surface area contributed by atoms with Crippen LogP contribution >= 0.6 is 23.2 Å². The highest BCUT2D eigenvalue weighted by Crippen LogP contribution is 2.34. The molecule has 0 amide bonds. The van der Waals surface area contributed by atoms with Crippen LogP contribution in [0.4, 0.5) is 0 Å². The third-order valence-electron chi connectivity index (χ3n) is 2.04. The van der Waals surface area contributed by atoms with E-state index in [0.29, 0.717) is 21.4 Å². The van der Waals surface area contributed by atoms with E-state index in [4.69, 9.17) is 27.9 Å². The minimum Gasteiger partial charge on any atom is -0.495 e. The number of ether oxygens (including phenoxy) is 1. The second kappa shape index (κ2) is 5.03. The molecule has 0 aliphatic heterocycles. The van der Waals surface area contributed by atoms with Crippen molar-refractivity contribution in [2.24, 2.45) is 0 Å². The number of halogens is 2. The highest BCUT2D eigenvalue weighted by Gasteiger charge is 2.16. The predicted molar refractivity (Wildman–Crippen MR) is 61.7 cm³/mol. The van der Waals surface area contributed by atoms with Gasteiger partial charge in [-0.05, 0) is 20.2 Å². The van der Waals surface area contributed by atoms with Crippen LogP contribution in [0.25, 0.3) is 0 Å². The van der Waals surface area contributed by atoms with Crippen molar-refractivity contribution >= 4 is 23.2 Å². The zero-order chi connectivity index (χ0) is 11.6. The molecule has 1 atom stereocenters. The van der Waals surface area contributed by atoms with E-state index in [9.17, 15) is 5.11 Å². The molecule has 0 saturated heterocycles. The molecule has 15 heavy (non-hydrogen) atoms. The number of aliphatic hydroxyl groups is 1. The Morgan fingerprint density at radius 2 is 1.87 bits per heavy atom. The quantitative estimate of drug-likeness (QED) is 0.837. The van der Waals surface area contributed by atoms with E-state index in [0.717, 1.165) is 0 Å². The van der Waals surface area contributed by atoms with Crippen LogP contribution in [0.1, 0.15) is 11.8 Å². The van der Waals surface area contributed by atoms with Gasteiger partial charge in [0.25, 0.3) is 0 Å². The number of rotatable bonds is 3. The van der Waals surface area contributed by atoms with Crippen LogP contribution in [0.3, 0.4) is 0 Å². The van der Waals surface area contributed by atoms with E-state index >= 15 is 0 Å². The van der Waals surface area contributed by atoms with E-state index in [1.54, 1.807) is 31.1 Å². The lowest BCUT2D eigenvalue weighted by Gasteiger charge is -2.20. The lowest BCUT2D eigenvalue weighted by atomic mass is 10.2. The molecule has 1 aromatic carbocycles. The summed E-state index contributed by atoms with van der Waals surface area (Å²) in [5.74, 6) is 0.497. The zero-order valence-electron chi connectivity index (χ0n) is 8.79. The highest BCUT2D eigenvalue weighted by atomic mass is 35.5. The van der Waals surface area contributed by atoms with Crippen molar-refractivity contribution in [3.05, 3.63) is 27.7 Å². The number of hydrogen-bond acceptors (Lipinski definition) is 3. The number of methoxy groups -OCH3 is 1. The van der Waals surface area contributed by atoms with Gasteiger partial charge < -0.3 is 9.84 Å². The summed E-state index contributed by atoms with van der Waals surface area (Å²) < 4.78 is 5.01. The minimum absolute atomic E-state index is 0.428. The first kappa shape index (κ1) is 12.6. The van der Waals surface area contributed by atoms with Crippen molar-refractivity contribution < 1.29 is 9.84 Å². The molecular weight excluding hydrogens is 237 g/mol. The fourth-order valence-corrected chi connectivity index (χ4v) is 1.68. The molecule has 0 radical (unpaired) electrons. The first-order valence-electron chi connectivity index (χ1n) is 4.34. The molecule has 1 N–H and O–H groups in total. The highest BCUT2D eigenvalue weighted by molar-refractivity contribution is 6.34. The second-order valence-electron chi connectivity index (χ2n) is 3.35. The molecule has 3 nitrogen and oxygen atoms in total. The van der Waals surface area contributed by atoms with Gasteiger partial charge in [0, 0.05) is 11.6 Å². The van der Waals surface area contributed by atoms with Gasteiger partial charge in [-0.3, -0.25) is 4.90 Å². The van der Waals surface area contributed by atoms with Gasteiger partial charge in [-0.15, -0.1) is 0 Å². The van der Waals surface area contributed by atoms with E-state index in [1.165, 1.54) is 7.11 Å². The SMILES string of the molecule is COc1cc(Cl)c(C(O)N(C)C)cc1Cl. The smallest absolute Gasteiger partial charge is 0.138 e. The molecule has 1 aromatic rings. The fourth-order valence-electron chi connectivity index (χ4n) is 1.18. The first-order valence-corrected chi connectivity index (χ1v) is 5.10. The van der Waals surface area contributed by atoms with E-state index in [-0.39, 0.29) is 0 Å². The first-order chi connectivity index (χ1) is 6.97. The predicted octanol–water partition coefficient (Wildman–Crippen LogP) is 2.55. The maximum Gasteiger partial charge on any atom is 0.138 e. The maximum atomic E-state index is 9.81. The van der Waals surface area contributed by atoms with E-state index in [1.807, 2.05) is 0 Å². The third-order valence-corrected chi connectivity index (χ3v) is 2.66. The average molecular weight is 250 g/mol. The Bertz CT molecular complexity index is 356. The zero-order valence-corrected chi connectivity index (χ0v) is 10.3. The maximum absolute atomic E-state index is 9.81. The standard InChI is InChI=1S/C10H13Cl2NO2/c1-13(2)10(14)6-4-8(12)9(15-3)5-7(6)11/h4-5,10,14H,1-3H3. The van der Waals surface area contributed by atoms with Crippen LogP contribution in [-0.2, 0) is 0 Å². The Balaban J connectivity index is 3.15. The summed E-state index contributed by atoms with van der Waals surface area (Å²) in [5.41, 5.74) is 0.562. The molecule has 0 fully saturated rings. The van der Waals surface area contributed by atoms with Crippen LogP contribution in [0, 0.1) is 0 Å². The van der Waals surface area contributed by atoms with Crippen molar-refractivity contribution in [2.75, 3.05) is 21.2 Å². The van der Waals surface area contributed by atoms with Crippen LogP contribution in [0.15, 0.2) is 12.1 Å². The Labute approximate surface area is 99.2 Å². The molecule has 0 aliphatic carbocycles. The summed E-state index contributed by atoms with van der Waals surface area (Å²) >= 11 is 11.9. The molecule has 1 rings (SSSR count). The number of benzene rings is 1. The van der Waals surface area contributed by atoms with Gasteiger partial charge in [0.1, 0.15) is 12.0 Å². The van der Waals surface area contributed by atoms with Gasteiger partial charge in [-0.2, -0.15) is 0 Å².